The minimum absolute atomic E-state index is 0.0339. The fraction of sp³-hybridized carbons (Fsp3) is 0.500. The van der Waals surface area contributed by atoms with Gasteiger partial charge in [0.2, 0.25) is 5.82 Å². The number of carbonyl (C=O) groups is 1. The largest absolute Gasteiger partial charge is 0.423 e. The van der Waals surface area contributed by atoms with Gasteiger partial charge in [-0.05, 0) is 99.3 Å². The molecule has 0 spiro atoms. The average molecular weight is 517 g/mol. The third-order valence-electron chi connectivity index (χ3n) is 8.29. The molecule has 2 saturated carbocycles. The minimum Gasteiger partial charge on any atom is -0.423 e. The van der Waals surface area contributed by atoms with Crippen LogP contribution in [0.25, 0.3) is 0 Å². The molecule has 0 N–H and O–H groups in total. The number of esters is 1. The molecule has 0 radical (unpaired) electrons. The zero-order valence-electron chi connectivity index (χ0n) is 21.0. The summed E-state index contributed by atoms with van der Waals surface area (Å²) in [5.74, 6) is -5.04. The first-order valence-corrected chi connectivity index (χ1v) is 13.3. The first-order chi connectivity index (χ1) is 17.9. The lowest BCUT2D eigenvalue weighted by Crippen LogP contribution is -2.26. The molecule has 3 nitrogen and oxygen atoms in total. The van der Waals surface area contributed by atoms with Crippen molar-refractivity contribution in [2.45, 2.75) is 76.2 Å². The first kappa shape index (κ1) is 26.0. The summed E-state index contributed by atoms with van der Waals surface area (Å²) in [5, 5.41) is 0. The van der Waals surface area contributed by atoms with E-state index in [9.17, 15) is 13.6 Å². The van der Waals surface area contributed by atoms with Crippen LogP contribution in [0.5, 0.6) is 5.75 Å². The van der Waals surface area contributed by atoms with Crippen molar-refractivity contribution >= 4 is 5.97 Å². The molecule has 1 unspecified atom stereocenters. The Morgan fingerprint density at radius 2 is 1.30 bits per heavy atom. The zero-order chi connectivity index (χ0) is 26.1. The normalized spacial score (nSPS) is 27.9. The highest BCUT2D eigenvalue weighted by Gasteiger charge is 2.34. The van der Waals surface area contributed by atoms with Crippen LogP contribution in [0.4, 0.5) is 17.6 Å². The lowest BCUT2D eigenvalue weighted by molar-refractivity contribution is -0.140. The molecule has 3 aliphatic rings. The Bertz CT molecular complexity index is 1170. The van der Waals surface area contributed by atoms with Crippen molar-refractivity contribution in [2.75, 3.05) is 6.61 Å². The molecule has 0 bridgehead atoms. The van der Waals surface area contributed by atoms with Crippen molar-refractivity contribution in [1.82, 2.24) is 0 Å². The van der Waals surface area contributed by atoms with Gasteiger partial charge in [0.25, 0.3) is 0 Å². The second kappa shape index (κ2) is 11.0. The van der Waals surface area contributed by atoms with E-state index in [0.717, 1.165) is 25.7 Å². The van der Waals surface area contributed by atoms with Crippen LogP contribution >= 0.6 is 0 Å². The summed E-state index contributed by atoms with van der Waals surface area (Å²) in [4.78, 5) is 12.6. The smallest absolute Gasteiger partial charge is 0.314 e. The molecule has 0 amide bonds. The number of ether oxygens (including phenoxy) is 2. The molecule has 37 heavy (non-hydrogen) atoms. The third-order valence-corrected chi connectivity index (χ3v) is 8.29. The molecule has 2 aromatic carbocycles. The maximum atomic E-state index is 15.2. The van der Waals surface area contributed by atoms with E-state index in [0.29, 0.717) is 49.3 Å². The van der Waals surface area contributed by atoms with Crippen molar-refractivity contribution in [2.24, 2.45) is 11.8 Å². The molecular formula is C30H32F4O3. The Balaban J connectivity index is 1.19. The number of carbonyl (C=O) groups excluding carboxylic acids is 1. The number of hydrogen-bond acceptors (Lipinski definition) is 3. The molecule has 1 saturated heterocycles. The summed E-state index contributed by atoms with van der Waals surface area (Å²) in [6, 6.07) is 6.05. The monoisotopic (exact) mass is 516 g/mol. The van der Waals surface area contributed by atoms with Crippen molar-refractivity contribution < 1.29 is 31.8 Å². The van der Waals surface area contributed by atoms with E-state index in [4.69, 9.17) is 9.47 Å². The molecular weight excluding hydrogens is 484 g/mol. The summed E-state index contributed by atoms with van der Waals surface area (Å²) in [6.07, 6.45) is 9.22. The summed E-state index contributed by atoms with van der Waals surface area (Å²) >= 11 is 0. The van der Waals surface area contributed by atoms with Crippen molar-refractivity contribution in [3.63, 3.8) is 0 Å². The van der Waals surface area contributed by atoms with Gasteiger partial charge in [-0.3, -0.25) is 4.79 Å². The van der Waals surface area contributed by atoms with Gasteiger partial charge in [-0.2, -0.15) is 4.39 Å². The van der Waals surface area contributed by atoms with E-state index in [1.807, 2.05) is 6.92 Å². The van der Waals surface area contributed by atoms with Crippen LogP contribution in [0.2, 0.25) is 0 Å². The topological polar surface area (TPSA) is 38.8 Å². The van der Waals surface area contributed by atoms with Gasteiger partial charge in [0.1, 0.15) is 6.10 Å². The van der Waals surface area contributed by atoms with E-state index in [2.05, 4.69) is 12.2 Å². The quantitative estimate of drug-likeness (QED) is 0.128. The summed E-state index contributed by atoms with van der Waals surface area (Å²) in [7, 11) is 0. The van der Waals surface area contributed by atoms with Crippen LogP contribution in [0.15, 0.2) is 36.4 Å². The predicted molar refractivity (Wildman–Crippen MR) is 131 cm³/mol. The van der Waals surface area contributed by atoms with Crippen LogP contribution < -0.4 is 4.74 Å². The van der Waals surface area contributed by atoms with Crippen molar-refractivity contribution in [3.8, 4) is 5.75 Å². The SMILES string of the molecule is C/C=C/C1CCC(c2ccc(C3CCC(C(=O)Oc4ccc(C5CO5)c(F)c4F)CC3)c(F)c2F)CC1. The molecule has 5 rings (SSSR count). The average Bonchev–Trinajstić information content (AvgIpc) is 3.75. The summed E-state index contributed by atoms with van der Waals surface area (Å²) in [5.41, 5.74) is 0.923. The summed E-state index contributed by atoms with van der Waals surface area (Å²) < 4.78 is 69.0. The predicted octanol–water partition coefficient (Wildman–Crippen LogP) is 8.04. The fourth-order valence-corrected chi connectivity index (χ4v) is 6.04. The Morgan fingerprint density at radius 1 is 0.784 bits per heavy atom. The lowest BCUT2D eigenvalue weighted by atomic mass is 9.76. The van der Waals surface area contributed by atoms with Crippen molar-refractivity contribution in [1.29, 1.82) is 0 Å². The molecule has 2 aliphatic carbocycles. The van der Waals surface area contributed by atoms with Gasteiger partial charge in [-0.1, -0.05) is 24.3 Å². The highest BCUT2D eigenvalue weighted by atomic mass is 19.2. The van der Waals surface area contributed by atoms with E-state index >= 15 is 8.78 Å². The van der Waals surface area contributed by atoms with Gasteiger partial charge >= 0.3 is 5.97 Å². The molecule has 1 aliphatic heterocycles. The van der Waals surface area contributed by atoms with Gasteiger partial charge < -0.3 is 9.47 Å². The number of epoxide rings is 1. The standard InChI is InChI=1S/C30H32F4O3/c1-2-3-17-4-6-18(7-5-17)21-12-13-22(27(32)26(21)31)19-8-10-20(11-9-19)30(35)37-24-15-14-23(25-16-36-25)28(33)29(24)34/h2-3,12-15,17-20,25H,4-11,16H2,1H3/b3-2+. The molecule has 198 valence electrons. The van der Waals surface area contributed by atoms with E-state index in [-0.39, 0.29) is 17.4 Å². The first-order valence-electron chi connectivity index (χ1n) is 13.3. The van der Waals surface area contributed by atoms with Gasteiger partial charge in [-0.25, -0.2) is 13.2 Å². The Kier molecular flexibility index (Phi) is 7.70. The highest BCUT2D eigenvalue weighted by Crippen LogP contribution is 2.42. The third kappa shape index (κ3) is 5.47. The molecule has 1 heterocycles. The van der Waals surface area contributed by atoms with Gasteiger partial charge in [-0.15, -0.1) is 0 Å². The van der Waals surface area contributed by atoms with Crippen LogP contribution in [-0.4, -0.2) is 12.6 Å². The molecule has 7 heteroatoms. The van der Waals surface area contributed by atoms with E-state index in [1.54, 1.807) is 12.1 Å². The zero-order valence-corrected chi connectivity index (χ0v) is 21.0. The number of benzene rings is 2. The Hall–Kier alpha value is -2.67. The van der Waals surface area contributed by atoms with Crippen LogP contribution in [-0.2, 0) is 9.53 Å². The highest BCUT2D eigenvalue weighted by molar-refractivity contribution is 5.75. The fourth-order valence-electron chi connectivity index (χ4n) is 6.04. The minimum atomic E-state index is -1.21. The van der Waals surface area contributed by atoms with E-state index in [1.165, 1.54) is 12.1 Å². The molecule has 0 aromatic heterocycles. The lowest BCUT2D eigenvalue weighted by Gasteiger charge is -2.30. The molecule has 1 atom stereocenters. The van der Waals surface area contributed by atoms with E-state index < -0.39 is 47.0 Å². The maximum absolute atomic E-state index is 15.2. The van der Waals surface area contributed by atoms with Crippen LogP contribution in [0, 0.1) is 35.1 Å². The van der Waals surface area contributed by atoms with Crippen LogP contribution in [0.3, 0.4) is 0 Å². The maximum Gasteiger partial charge on any atom is 0.314 e. The number of rotatable bonds is 6. The second-order valence-corrected chi connectivity index (χ2v) is 10.6. The molecule has 2 aromatic rings. The van der Waals surface area contributed by atoms with Gasteiger partial charge in [0.15, 0.2) is 23.2 Å². The number of hydrogen-bond donors (Lipinski definition) is 0. The number of halogens is 4. The Labute approximate surface area is 214 Å². The second-order valence-electron chi connectivity index (χ2n) is 10.6. The van der Waals surface area contributed by atoms with Crippen LogP contribution in [0.1, 0.15) is 92.9 Å². The number of allylic oxidation sites excluding steroid dienone is 2. The Morgan fingerprint density at radius 3 is 1.84 bits per heavy atom. The van der Waals surface area contributed by atoms with Crippen molar-refractivity contribution in [3.05, 3.63) is 76.4 Å². The summed E-state index contributed by atoms with van der Waals surface area (Å²) in [6.45, 7) is 2.34. The van der Waals surface area contributed by atoms with Gasteiger partial charge in [0, 0.05) is 5.56 Å². The molecule has 3 fully saturated rings. The van der Waals surface area contributed by atoms with Gasteiger partial charge in [0.05, 0.1) is 12.5 Å².